The highest BCUT2D eigenvalue weighted by Crippen LogP contribution is 2.54. The number of piperidine rings is 1. The second kappa shape index (κ2) is 9.30. The van der Waals surface area contributed by atoms with Gasteiger partial charge in [-0.05, 0) is 71.1 Å². The molecule has 1 spiro atoms. The third kappa shape index (κ3) is 3.78. The lowest BCUT2D eigenvalue weighted by atomic mass is 9.58. The summed E-state index contributed by atoms with van der Waals surface area (Å²) < 4.78 is 5.87. The van der Waals surface area contributed by atoms with Gasteiger partial charge in [-0.15, -0.1) is 0 Å². The smallest absolute Gasteiger partial charge is 0.255 e. The van der Waals surface area contributed by atoms with Crippen LogP contribution < -0.4 is 10.5 Å². The summed E-state index contributed by atoms with van der Waals surface area (Å²) in [6.07, 6.45) is 5.98. The second-order valence-corrected chi connectivity index (χ2v) is 12.5. The van der Waals surface area contributed by atoms with E-state index in [1.807, 2.05) is 0 Å². The van der Waals surface area contributed by atoms with Crippen LogP contribution in [0.15, 0.2) is 28.7 Å². The third-order valence-electron chi connectivity index (χ3n) is 10.1. The van der Waals surface area contributed by atoms with Gasteiger partial charge < -0.3 is 30.9 Å². The normalized spacial score (nSPS) is 30.8. The number of nitrogens with zero attached hydrogens (tertiary/aromatic N) is 2. The number of likely N-dealkylation sites (N-methyl/N-ethyl adjacent to an activating group) is 1. The van der Waals surface area contributed by atoms with Crippen molar-refractivity contribution in [3.8, 4) is 11.5 Å². The maximum absolute atomic E-state index is 14.0. The molecule has 1 aliphatic heterocycles. The predicted molar refractivity (Wildman–Crippen MR) is 146 cm³/mol. The van der Waals surface area contributed by atoms with Crippen molar-refractivity contribution in [1.29, 1.82) is 0 Å². The van der Waals surface area contributed by atoms with Crippen LogP contribution in [-0.4, -0.2) is 92.6 Å². The maximum atomic E-state index is 14.0. The number of ketones is 2. The predicted octanol–water partition coefficient (Wildman–Crippen LogP) is 1.65. The average molecular weight is 568 g/mol. The van der Waals surface area contributed by atoms with Crippen LogP contribution in [0.3, 0.4) is 0 Å². The quantitative estimate of drug-likeness (QED) is 0.329. The number of benzene rings is 1. The van der Waals surface area contributed by atoms with Gasteiger partial charge in [0, 0.05) is 34.7 Å². The number of aromatic hydroxyl groups is 1. The fraction of sp³-hybridized carbons (Fsp3) is 0.567. The Bertz CT molecular complexity index is 1440. The van der Waals surface area contributed by atoms with Gasteiger partial charge in [0.2, 0.25) is 5.78 Å². The number of hydrogen-bond donors (Lipinski definition) is 5. The average Bonchev–Trinajstić information content (AvgIpc) is 3.67. The van der Waals surface area contributed by atoms with Gasteiger partial charge in [-0.2, -0.15) is 0 Å². The maximum Gasteiger partial charge on any atom is 0.255 e. The minimum atomic E-state index is -2.66. The number of phenols is 1. The topological polar surface area (TPSA) is 174 Å². The van der Waals surface area contributed by atoms with Gasteiger partial charge >= 0.3 is 0 Å². The van der Waals surface area contributed by atoms with Gasteiger partial charge in [-0.3, -0.25) is 24.2 Å². The number of likely N-dealkylation sites (tertiary alicyclic amines) is 1. The first kappa shape index (κ1) is 27.7. The lowest BCUT2D eigenvalue weighted by Gasteiger charge is -2.50. The molecular formula is C30H37N3O8. The molecule has 1 amide bonds. The molecule has 1 aromatic rings. The van der Waals surface area contributed by atoms with E-state index in [2.05, 4.69) is 4.90 Å². The molecule has 1 heterocycles. The van der Waals surface area contributed by atoms with Gasteiger partial charge in [0.1, 0.15) is 28.6 Å². The Labute approximate surface area is 237 Å². The van der Waals surface area contributed by atoms with E-state index in [0.29, 0.717) is 17.9 Å². The van der Waals surface area contributed by atoms with Crippen LogP contribution in [0, 0.1) is 11.8 Å². The largest absolute Gasteiger partial charge is 0.510 e. The Hall–Kier alpha value is -3.41. The van der Waals surface area contributed by atoms with Crippen LogP contribution in [0.5, 0.6) is 11.5 Å². The molecule has 5 aliphatic rings. The minimum absolute atomic E-state index is 0.0360. The summed E-state index contributed by atoms with van der Waals surface area (Å²) in [6.45, 7) is 1.53. The minimum Gasteiger partial charge on any atom is -0.510 e. The molecule has 0 unspecified atom stereocenters. The SMILES string of the molecule is COc1c(CN2CCCCC23CC3)cc(O)c2c1C[C@H]1C[C@H]3[C@H](N(C)C)C(O)=C(C(N)=O)C(=O)[C@@]3(O)C(O)=C1C2=O. The molecule has 1 saturated carbocycles. The van der Waals surface area contributed by atoms with Crippen LogP contribution >= 0.6 is 0 Å². The number of ether oxygens (including phenoxy) is 1. The van der Waals surface area contributed by atoms with E-state index in [0.717, 1.165) is 37.8 Å². The summed E-state index contributed by atoms with van der Waals surface area (Å²) in [4.78, 5) is 43.5. The summed E-state index contributed by atoms with van der Waals surface area (Å²) in [5.74, 6) is -6.13. The highest BCUT2D eigenvalue weighted by Gasteiger charge is 2.63. The molecule has 0 radical (unpaired) electrons. The zero-order valence-electron chi connectivity index (χ0n) is 23.6. The van der Waals surface area contributed by atoms with Crippen molar-refractivity contribution < 1.29 is 39.5 Å². The molecule has 0 bridgehead atoms. The molecule has 11 heteroatoms. The van der Waals surface area contributed by atoms with Crippen molar-refractivity contribution in [2.24, 2.45) is 17.6 Å². The monoisotopic (exact) mass is 567 g/mol. The van der Waals surface area contributed by atoms with E-state index in [4.69, 9.17) is 10.5 Å². The number of Topliss-reactive ketones (excluding diaryl/α,β-unsaturated/α-hetero) is 2. The number of phenolic OH excluding ortho intramolecular Hbond substituents is 1. The van der Waals surface area contributed by atoms with E-state index >= 15 is 0 Å². The Kier molecular flexibility index (Phi) is 6.29. The van der Waals surface area contributed by atoms with Crippen molar-refractivity contribution in [2.75, 3.05) is 27.7 Å². The van der Waals surface area contributed by atoms with Gasteiger partial charge in [0.25, 0.3) is 5.91 Å². The van der Waals surface area contributed by atoms with Gasteiger partial charge in [0.15, 0.2) is 11.4 Å². The number of hydrogen-bond acceptors (Lipinski definition) is 10. The van der Waals surface area contributed by atoms with Crippen molar-refractivity contribution >= 4 is 17.5 Å². The van der Waals surface area contributed by atoms with E-state index in [1.165, 1.54) is 18.4 Å². The van der Waals surface area contributed by atoms with Crippen molar-refractivity contribution in [2.45, 2.75) is 68.7 Å². The Morgan fingerprint density at radius 2 is 1.88 bits per heavy atom. The fourth-order valence-electron chi connectivity index (χ4n) is 8.05. The number of amides is 1. The van der Waals surface area contributed by atoms with E-state index < -0.39 is 58.0 Å². The molecule has 4 atom stereocenters. The van der Waals surface area contributed by atoms with E-state index in [9.17, 15) is 34.8 Å². The molecule has 41 heavy (non-hydrogen) atoms. The van der Waals surface area contributed by atoms with Gasteiger partial charge in [-0.25, -0.2) is 0 Å². The molecule has 6 N–H and O–H groups in total. The van der Waals surface area contributed by atoms with Crippen molar-refractivity contribution in [3.63, 3.8) is 0 Å². The van der Waals surface area contributed by atoms with Crippen LogP contribution in [0.1, 0.15) is 60.0 Å². The lowest BCUT2D eigenvalue weighted by Crippen LogP contribution is -2.63. The highest BCUT2D eigenvalue weighted by molar-refractivity contribution is 6.24. The van der Waals surface area contributed by atoms with E-state index in [-0.39, 0.29) is 35.3 Å². The molecule has 1 saturated heterocycles. The summed E-state index contributed by atoms with van der Waals surface area (Å²) in [6, 6.07) is 0.508. The molecule has 11 nitrogen and oxygen atoms in total. The molecule has 220 valence electrons. The van der Waals surface area contributed by atoms with Crippen LogP contribution in [0.25, 0.3) is 0 Å². The summed E-state index contributed by atoms with van der Waals surface area (Å²) in [5, 5.41) is 45.3. The Balaban J connectivity index is 1.46. The number of rotatable bonds is 5. The number of primary amides is 1. The number of aliphatic hydroxyl groups excluding tert-OH is 2. The third-order valence-corrected chi connectivity index (χ3v) is 10.1. The molecule has 0 aromatic heterocycles. The zero-order chi connectivity index (χ0) is 29.6. The fourth-order valence-corrected chi connectivity index (χ4v) is 8.05. The first-order valence-electron chi connectivity index (χ1n) is 14.2. The second-order valence-electron chi connectivity index (χ2n) is 12.5. The summed E-state index contributed by atoms with van der Waals surface area (Å²) >= 11 is 0. The lowest BCUT2D eigenvalue weighted by molar-refractivity contribution is -0.148. The highest BCUT2D eigenvalue weighted by atomic mass is 16.5. The Morgan fingerprint density at radius 1 is 1.17 bits per heavy atom. The molecule has 6 rings (SSSR count). The van der Waals surface area contributed by atoms with E-state index in [1.54, 1.807) is 20.2 Å². The van der Waals surface area contributed by atoms with Crippen LogP contribution in [0.4, 0.5) is 0 Å². The summed E-state index contributed by atoms with van der Waals surface area (Å²) in [7, 11) is 4.74. The number of carbonyl (C=O) groups excluding carboxylic acids is 3. The van der Waals surface area contributed by atoms with Crippen molar-refractivity contribution in [3.05, 3.63) is 45.4 Å². The standard InChI is InChI=1S/C30H37N3O8/c1-32(2)22-17-11-14-10-16-20(23(35)19(14)26(37)30(17,40)27(38)21(24(22)36)28(31)39)18(34)12-15(25(16)41-3)13-33-9-5-4-6-29(33)7-8-29/h12,14,17,22,34,36-37,40H,4-11,13H2,1-3H3,(H2,31,39)/t14-,17-,22-,30-/m0/s1. The molecular weight excluding hydrogens is 530 g/mol. The zero-order valence-corrected chi connectivity index (χ0v) is 23.6. The van der Waals surface area contributed by atoms with Gasteiger partial charge in [-0.1, -0.05) is 6.42 Å². The first-order valence-corrected chi connectivity index (χ1v) is 14.2. The number of aliphatic hydroxyl groups is 3. The molecule has 1 aromatic carbocycles. The van der Waals surface area contributed by atoms with Gasteiger partial charge in [0.05, 0.1) is 18.7 Å². The number of allylic oxidation sites excluding steroid dienone is 1. The first-order chi connectivity index (χ1) is 19.4. The number of nitrogens with two attached hydrogens (primary N) is 1. The van der Waals surface area contributed by atoms with Crippen molar-refractivity contribution in [1.82, 2.24) is 9.80 Å². The summed E-state index contributed by atoms with van der Waals surface area (Å²) in [5.41, 5.74) is 3.20. The Morgan fingerprint density at radius 3 is 2.49 bits per heavy atom. The van der Waals surface area contributed by atoms with Crippen LogP contribution in [0.2, 0.25) is 0 Å². The number of carbonyl (C=O) groups is 3. The number of methoxy groups -OCH3 is 1. The molecule has 2 fully saturated rings. The molecule has 4 aliphatic carbocycles. The number of fused-ring (bicyclic) bond motifs is 3. The van der Waals surface area contributed by atoms with Crippen LogP contribution in [-0.2, 0) is 22.6 Å².